The van der Waals surface area contributed by atoms with Gasteiger partial charge in [-0.1, -0.05) is 6.07 Å². The standard InChI is InChI=1S/C18H17F3N4O3/c19-18(20,21)15-3-4-16(23-22-15)24-5-7-25(8-6-24)17(26)10-12-1-2-13-14(9-12)28-11-27-13/h1-4,9H,5-8,10-11H2. The number of halogens is 3. The lowest BCUT2D eigenvalue weighted by Gasteiger charge is -2.35. The van der Waals surface area contributed by atoms with Crippen molar-refractivity contribution in [1.29, 1.82) is 0 Å². The number of fused-ring (bicyclic) bond motifs is 1. The predicted molar refractivity (Wildman–Crippen MR) is 92.1 cm³/mol. The van der Waals surface area contributed by atoms with E-state index in [0.29, 0.717) is 43.5 Å². The molecule has 4 rings (SSSR count). The Morgan fingerprint density at radius 2 is 1.75 bits per heavy atom. The fourth-order valence-corrected chi connectivity index (χ4v) is 3.17. The smallest absolute Gasteiger partial charge is 0.435 e. The molecule has 0 radical (unpaired) electrons. The number of ether oxygens (including phenoxy) is 2. The molecule has 0 atom stereocenters. The molecule has 0 aliphatic carbocycles. The molecule has 3 heterocycles. The maximum Gasteiger partial charge on any atom is 0.435 e. The highest BCUT2D eigenvalue weighted by Gasteiger charge is 2.33. The van der Waals surface area contributed by atoms with E-state index in [9.17, 15) is 18.0 Å². The summed E-state index contributed by atoms with van der Waals surface area (Å²) in [6, 6.07) is 7.64. The van der Waals surface area contributed by atoms with Gasteiger partial charge < -0.3 is 19.3 Å². The van der Waals surface area contributed by atoms with E-state index in [-0.39, 0.29) is 19.1 Å². The Bertz CT molecular complexity index is 865. The van der Waals surface area contributed by atoms with Crippen LogP contribution >= 0.6 is 0 Å². The first-order chi connectivity index (χ1) is 13.4. The van der Waals surface area contributed by atoms with Crippen molar-refractivity contribution in [2.24, 2.45) is 0 Å². The lowest BCUT2D eigenvalue weighted by molar-refractivity contribution is -0.141. The number of aromatic nitrogens is 2. The minimum atomic E-state index is -4.51. The third-order valence-electron chi connectivity index (χ3n) is 4.69. The van der Waals surface area contributed by atoms with Gasteiger partial charge in [-0.2, -0.15) is 13.2 Å². The Kier molecular flexibility index (Phi) is 4.70. The van der Waals surface area contributed by atoms with E-state index >= 15 is 0 Å². The minimum absolute atomic E-state index is 0.0166. The molecule has 1 amide bonds. The van der Waals surface area contributed by atoms with Gasteiger partial charge in [0.25, 0.3) is 0 Å². The lowest BCUT2D eigenvalue weighted by atomic mass is 10.1. The molecule has 0 spiro atoms. The van der Waals surface area contributed by atoms with Gasteiger partial charge in [0, 0.05) is 26.2 Å². The summed E-state index contributed by atoms with van der Waals surface area (Å²) in [7, 11) is 0. The third kappa shape index (κ3) is 3.80. The summed E-state index contributed by atoms with van der Waals surface area (Å²) in [6.45, 7) is 2.07. The monoisotopic (exact) mass is 394 g/mol. The molecule has 1 saturated heterocycles. The summed E-state index contributed by atoms with van der Waals surface area (Å²) >= 11 is 0. The number of nitrogens with zero attached hydrogens (tertiary/aromatic N) is 4. The molecule has 1 aromatic heterocycles. The van der Waals surface area contributed by atoms with E-state index in [0.717, 1.165) is 11.6 Å². The molecule has 0 saturated carbocycles. The predicted octanol–water partition coefficient (Wildman–Crippen LogP) is 2.12. The number of alkyl halides is 3. The van der Waals surface area contributed by atoms with Gasteiger partial charge in [0.1, 0.15) is 0 Å². The fourth-order valence-electron chi connectivity index (χ4n) is 3.17. The maximum absolute atomic E-state index is 12.6. The summed E-state index contributed by atoms with van der Waals surface area (Å²) in [5, 5.41) is 6.91. The molecular weight excluding hydrogens is 377 g/mol. The Morgan fingerprint density at radius 1 is 1.00 bits per heavy atom. The summed E-state index contributed by atoms with van der Waals surface area (Å²) in [6.07, 6.45) is -4.26. The molecule has 2 aliphatic heterocycles. The van der Waals surface area contributed by atoms with Crippen molar-refractivity contribution in [3.8, 4) is 11.5 Å². The first-order valence-corrected chi connectivity index (χ1v) is 8.72. The van der Waals surface area contributed by atoms with Gasteiger partial charge in [0.05, 0.1) is 6.42 Å². The quantitative estimate of drug-likeness (QED) is 0.795. The molecule has 0 N–H and O–H groups in total. The van der Waals surface area contributed by atoms with Gasteiger partial charge in [-0.25, -0.2) is 0 Å². The number of carbonyl (C=O) groups is 1. The van der Waals surface area contributed by atoms with E-state index in [2.05, 4.69) is 10.2 Å². The van der Waals surface area contributed by atoms with Gasteiger partial charge in [-0.05, 0) is 29.8 Å². The molecule has 0 bridgehead atoms. The van der Waals surface area contributed by atoms with Crippen molar-refractivity contribution in [1.82, 2.24) is 15.1 Å². The molecular formula is C18H17F3N4O3. The van der Waals surface area contributed by atoms with Crippen LogP contribution in [0.2, 0.25) is 0 Å². The van der Waals surface area contributed by atoms with E-state index in [1.807, 2.05) is 11.0 Å². The number of hydrogen-bond donors (Lipinski definition) is 0. The average molecular weight is 394 g/mol. The summed E-state index contributed by atoms with van der Waals surface area (Å²) in [4.78, 5) is 16.1. The van der Waals surface area contributed by atoms with E-state index < -0.39 is 11.9 Å². The van der Waals surface area contributed by atoms with E-state index in [1.165, 1.54) is 6.07 Å². The largest absolute Gasteiger partial charge is 0.454 e. The van der Waals surface area contributed by atoms with Crippen molar-refractivity contribution in [3.63, 3.8) is 0 Å². The summed E-state index contributed by atoms with van der Waals surface area (Å²) < 4.78 is 48.3. The Hall–Kier alpha value is -3.04. The van der Waals surface area contributed by atoms with Crippen LogP contribution in [0.15, 0.2) is 30.3 Å². The molecule has 28 heavy (non-hydrogen) atoms. The molecule has 148 valence electrons. The average Bonchev–Trinajstić information content (AvgIpc) is 3.15. The Morgan fingerprint density at radius 3 is 2.43 bits per heavy atom. The van der Waals surface area contributed by atoms with Crippen LogP contribution in [0.3, 0.4) is 0 Å². The molecule has 1 aromatic carbocycles. The van der Waals surface area contributed by atoms with Gasteiger partial charge in [0.2, 0.25) is 12.7 Å². The van der Waals surface area contributed by atoms with E-state index in [1.54, 1.807) is 17.0 Å². The molecule has 2 aliphatic rings. The summed E-state index contributed by atoms with van der Waals surface area (Å²) in [5.74, 6) is 1.66. The van der Waals surface area contributed by atoms with Crippen LogP contribution in [0.4, 0.5) is 19.0 Å². The van der Waals surface area contributed by atoms with Gasteiger partial charge in [-0.3, -0.25) is 4.79 Å². The van der Waals surface area contributed by atoms with Crippen molar-refractivity contribution in [2.45, 2.75) is 12.6 Å². The van der Waals surface area contributed by atoms with Crippen molar-refractivity contribution in [2.75, 3.05) is 37.9 Å². The maximum atomic E-state index is 12.6. The van der Waals surface area contributed by atoms with Crippen LogP contribution < -0.4 is 14.4 Å². The second-order valence-corrected chi connectivity index (χ2v) is 6.51. The number of rotatable bonds is 3. The number of anilines is 1. The first kappa shape index (κ1) is 18.3. The van der Waals surface area contributed by atoms with Crippen LogP contribution in [-0.2, 0) is 17.4 Å². The van der Waals surface area contributed by atoms with Gasteiger partial charge in [-0.15, -0.1) is 10.2 Å². The molecule has 0 unspecified atom stereocenters. The van der Waals surface area contributed by atoms with E-state index in [4.69, 9.17) is 9.47 Å². The van der Waals surface area contributed by atoms with Crippen LogP contribution in [-0.4, -0.2) is 54.0 Å². The SMILES string of the molecule is O=C(Cc1ccc2c(c1)OCO2)N1CCN(c2ccc(C(F)(F)F)nn2)CC1. The summed E-state index contributed by atoms with van der Waals surface area (Å²) in [5.41, 5.74) is -0.181. The Balaban J connectivity index is 1.33. The third-order valence-corrected chi connectivity index (χ3v) is 4.69. The highest BCUT2D eigenvalue weighted by Crippen LogP contribution is 2.32. The van der Waals surface area contributed by atoms with Gasteiger partial charge in [0.15, 0.2) is 23.0 Å². The highest BCUT2D eigenvalue weighted by molar-refractivity contribution is 5.79. The van der Waals surface area contributed by atoms with Crippen molar-refractivity contribution in [3.05, 3.63) is 41.6 Å². The molecule has 1 fully saturated rings. The van der Waals surface area contributed by atoms with Crippen LogP contribution in [0, 0.1) is 0 Å². The number of hydrogen-bond acceptors (Lipinski definition) is 6. The normalized spacial score (nSPS) is 16.4. The topological polar surface area (TPSA) is 67.8 Å². The number of benzene rings is 1. The molecule has 7 nitrogen and oxygen atoms in total. The lowest BCUT2D eigenvalue weighted by Crippen LogP contribution is -2.49. The first-order valence-electron chi connectivity index (χ1n) is 8.72. The minimum Gasteiger partial charge on any atom is -0.454 e. The number of carbonyl (C=O) groups excluding carboxylic acids is 1. The number of amides is 1. The second-order valence-electron chi connectivity index (χ2n) is 6.51. The van der Waals surface area contributed by atoms with Crippen LogP contribution in [0.25, 0.3) is 0 Å². The zero-order chi connectivity index (χ0) is 19.7. The van der Waals surface area contributed by atoms with Crippen molar-refractivity contribution >= 4 is 11.7 Å². The van der Waals surface area contributed by atoms with Gasteiger partial charge >= 0.3 is 6.18 Å². The van der Waals surface area contributed by atoms with Crippen LogP contribution in [0.5, 0.6) is 11.5 Å². The zero-order valence-corrected chi connectivity index (χ0v) is 14.8. The van der Waals surface area contributed by atoms with Crippen LogP contribution in [0.1, 0.15) is 11.3 Å². The Labute approximate surface area is 158 Å². The number of piperazine rings is 1. The zero-order valence-electron chi connectivity index (χ0n) is 14.8. The highest BCUT2D eigenvalue weighted by atomic mass is 19.4. The second kappa shape index (κ2) is 7.17. The molecule has 10 heteroatoms. The van der Waals surface area contributed by atoms with Crippen molar-refractivity contribution < 1.29 is 27.4 Å². The fraction of sp³-hybridized carbons (Fsp3) is 0.389. The molecule has 2 aromatic rings.